The maximum atomic E-state index is 13.4. The molecular weight excluding hydrogens is 342 g/mol. The third-order valence-corrected chi connectivity index (χ3v) is 5.62. The van der Waals surface area contributed by atoms with Crippen LogP contribution in [0.25, 0.3) is 10.9 Å². The van der Waals surface area contributed by atoms with Crippen molar-refractivity contribution >= 4 is 16.8 Å². The summed E-state index contributed by atoms with van der Waals surface area (Å²) < 4.78 is 8.97. The average Bonchev–Trinajstić information content (AvgIpc) is 2.91. The number of nitrogens with zero attached hydrogens (tertiary/aromatic N) is 3. The predicted octanol–water partition coefficient (Wildman–Crippen LogP) is 2.39. The van der Waals surface area contributed by atoms with Gasteiger partial charge in [-0.1, -0.05) is 0 Å². The largest absolute Gasteiger partial charge is 0.497 e. The van der Waals surface area contributed by atoms with E-state index in [1.807, 2.05) is 47.8 Å². The molecular formula is C21H23N3O3. The molecule has 0 saturated heterocycles. The molecule has 0 unspecified atom stereocenters. The van der Waals surface area contributed by atoms with Gasteiger partial charge in [0.2, 0.25) is 0 Å². The van der Waals surface area contributed by atoms with Crippen molar-refractivity contribution in [3.63, 3.8) is 0 Å². The second-order valence-corrected chi connectivity index (χ2v) is 7.15. The van der Waals surface area contributed by atoms with Crippen LogP contribution in [0, 0.1) is 6.92 Å². The molecule has 1 aliphatic heterocycles. The van der Waals surface area contributed by atoms with Crippen LogP contribution in [0.15, 0.2) is 35.3 Å². The molecule has 0 saturated carbocycles. The molecule has 1 aromatic carbocycles. The van der Waals surface area contributed by atoms with Gasteiger partial charge in [0.15, 0.2) is 0 Å². The molecule has 0 N–H and O–H groups in total. The first-order chi connectivity index (χ1) is 12.9. The van der Waals surface area contributed by atoms with Crippen LogP contribution < -0.4 is 10.3 Å². The zero-order valence-corrected chi connectivity index (χ0v) is 16.1. The van der Waals surface area contributed by atoms with Crippen molar-refractivity contribution in [2.45, 2.75) is 19.9 Å². The number of rotatable bonds is 2. The summed E-state index contributed by atoms with van der Waals surface area (Å²) in [6.45, 7) is 3.10. The fraction of sp³-hybridized carbons (Fsp3) is 0.333. The smallest absolute Gasteiger partial charge is 0.256 e. The maximum absolute atomic E-state index is 13.4. The second-order valence-electron chi connectivity index (χ2n) is 7.15. The second kappa shape index (κ2) is 6.30. The summed E-state index contributed by atoms with van der Waals surface area (Å²) in [5, 5.41) is 0.908. The van der Waals surface area contributed by atoms with Crippen LogP contribution in [0.2, 0.25) is 0 Å². The first kappa shape index (κ1) is 17.4. The van der Waals surface area contributed by atoms with Crippen molar-refractivity contribution in [1.29, 1.82) is 0 Å². The highest BCUT2D eigenvalue weighted by atomic mass is 16.5. The van der Waals surface area contributed by atoms with Gasteiger partial charge in [-0.15, -0.1) is 0 Å². The molecule has 0 bridgehead atoms. The van der Waals surface area contributed by atoms with E-state index in [0.29, 0.717) is 19.5 Å². The van der Waals surface area contributed by atoms with E-state index < -0.39 is 0 Å². The number of fused-ring (bicyclic) bond motifs is 2. The van der Waals surface area contributed by atoms with Gasteiger partial charge in [-0.05, 0) is 42.7 Å². The highest BCUT2D eigenvalue weighted by Gasteiger charge is 2.27. The number of ether oxygens (including phenoxy) is 1. The van der Waals surface area contributed by atoms with Gasteiger partial charge in [-0.2, -0.15) is 0 Å². The van der Waals surface area contributed by atoms with Crippen molar-refractivity contribution < 1.29 is 9.53 Å². The zero-order chi connectivity index (χ0) is 19.3. The van der Waals surface area contributed by atoms with Crippen molar-refractivity contribution in [3.05, 3.63) is 63.2 Å². The van der Waals surface area contributed by atoms with Gasteiger partial charge in [0.1, 0.15) is 5.75 Å². The van der Waals surface area contributed by atoms with Crippen molar-refractivity contribution in [3.8, 4) is 5.75 Å². The number of aromatic nitrogens is 2. The fourth-order valence-electron chi connectivity index (χ4n) is 3.92. The Balaban J connectivity index is 1.76. The molecule has 1 amide bonds. The van der Waals surface area contributed by atoms with E-state index in [2.05, 4.69) is 0 Å². The Morgan fingerprint density at radius 1 is 1.15 bits per heavy atom. The number of aryl methyl sites for hydroxylation is 2. The lowest BCUT2D eigenvalue weighted by Gasteiger charge is -2.29. The number of hydrogen-bond donors (Lipinski definition) is 0. The Morgan fingerprint density at radius 3 is 2.67 bits per heavy atom. The maximum Gasteiger partial charge on any atom is 0.256 e. The van der Waals surface area contributed by atoms with E-state index >= 15 is 0 Å². The molecule has 0 spiro atoms. The third kappa shape index (κ3) is 2.72. The number of hydrogen-bond acceptors (Lipinski definition) is 3. The lowest BCUT2D eigenvalue weighted by molar-refractivity contribution is 0.0735. The number of pyridine rings is 1. The Kier molecular flexibility index (Phi) is 4.06. The van der Waals surface area contributed by atoms with Crippen LogP contribution in [-0.4, -0.2) is 33.6 Å². The summed E-state index contributed by atoms with van der Waals surface area (Å²) in [6.07, 6.45) is 2.54. The number of amides is 1. The number of benzene rings is 1. The zero-order valence-electron chi connectivity index (χ0n) is 16.1. The molecule has 0 atom stereocenters. The normalized spacial score (nSPS) is 13.7. The van der Waals surface area contributed by atoms with Gasteiger partial charge in [-0.25, -0.2) is 0 Å². The van der Waals surface area contributed by atoms with Gasteiger partial charge >= 0.3 is 0 Å². The molecule has 2 aromatic heterocycles. The molecule has 0 radical (unpaired) electrons. The monoisotopic (exact) mass is 365 g/mol. The third-order valence-electron chi connectivity index (χ3n) is 5.62. The van der Waals surface area contributed by atoms with Crippen LogP contribution in [0.3, 0.4) is 0 Å². The summed E-state index contributed by atoms with van der Waals surface area (Å²) >= 11 is 0. The first-order valence-corrected chi connectivity index (χ1v) is 9.01. The van der Waals surface area contributed by atoms with Crippen LogP contribution in [0.4, 0.5) is 0 Å². The van der Waals surface area contributed by atoms with E-state index in [1.54, 1.807) is 24.8 Å². The molecule has 6 heteroatoms. The highest BCUT2D eigenvalue weighted by molar-refractivity contribution is 6.08. The molecule has 27 heavy (non-hydrogen) atoms. The van der Waals surface area contributed by atoms with Gasteiger partial charge in [0.25, 0.3) is 11.5 Å². The fourth-order valence-corrected chi connectivity index (χ4v) is 3.92. The summed E-state index contributed by atoms with van der Waals surface area (Å²) in [5.74, 6) is 0.756. The van der Waals surface area contributed by atoms with Gasteiger partial charge in [0, 0.05) is 56.0 Å². The molecule has 0 aliphatic carbocycles. The number of carbonyl (C=O) groups excluding carboxylic acids is 1. The lowest BCUT2D eigenvalue weighted by atomic mass is 10.0. The summed E-state index contributed by atoms with van der Waals surface area (Å²) in [5.41, 5.74) is 4.74. The first-order valence-electron chi connectivity index (χ1n) is 9.01. The molecule has 1 aliphatic rings. The van der Waals surface area contributed by atoms with Crippen LogP contribution >= 0.6 is 0 Å². The van der Waals surface area contributed by atoms with Gasteiger partial charge in [0.05, 0.1) is 12.7 Å². The standard InChI is InChI=1S/C21H23N3O3/c1-13-20(17-10-16(27-4)5-6-18(17)23(13)3)21(26)24-8-7-14-9-19(25)22(2)11-15(14)12-24/h5-6,9-11H,7-8,12H2,1-4H3. The minimum Gasteiger partial charge on any atom is -0.497 e. The average molecular weight is 365 g/mol. The van der Waals surface area contributed by atoms with Crippen molar-refractivity contribution in [2.75, 3.05) is 13.7 Å². The van der Waals surface area contributed by atoms with Crippen molar-refractivity contribution in [1.82, 2.24) is 14.0 Å². The minimum absolute atomic E-state index is 0.00878. The minimum atomic E-state index is -0.00878. The molecule has 3 heterocycles. The highest BCUT2D eigenvalue weighted by Crippen LogP contribution is 2.30. The van der Waals surface area contributed by atoms with Gasteiger partial charge in [-0.3, -0.25) is 9.59 Å². The summed E-state index contributed by atoms with van der Waals surface area (Å²) in [6, 6.07) is 7.51. The summed E-state index contributed by atoms with van der Waals surface area (Å²) in [4.78, 5) is 27.1. The lowest BCUT2D eigenvalue weighted by Crippen LogP contribution is -2.37. The van der Waals surface area contributed by atoms with E-state index in [9.17, 15) is 9.59 Å². The molecule has 3 aromatic rings. The van der Waals surface area contributed by atoms with Crippen LogP contribution in [0.1, 0.15) is 27.2 Å². The number of methoxy groups -OCH3 is 1. The number of carbonyl (C=O) groups is 1. The van der Waals surface area contributed by atoms with Crippen LogP contribution in [0.5, 0.6) is 5.75 Å². The van der Waals surface area contributed by atoms with Crippen LogP contribution in [-0.2, 0) is 27.1 Å². The summed E-state index contributed by atoms with van der Waals surface area (Å²) in [7, 11) is 5.34. The quantitative estimate of drug-likeness (QED) is 0.701. The van der Waals surface area contributed by atoms with E-state index in [4.69, 9.17) is 4.74 Å². The Hall–Kier alpha value is -3.02. The van der Waals surface area contributed by atoms with E-state index in [-0.39, 0.29) is 11.5 Å². The van der Waals surface area contributed by atoms with E-state index in [1.165, 1.54) is 0 Å². The Bertz CT molecular complexity index is 1120. The van der Waals surface area contributed by atoms with E-state index in [0.717, 1.165) is 39.0 Å². The van der Waals surface area contributed by atoms with Crippen molar-refractivity contribution in [2.24, 2.45) is 14.1 Å². The molecule has 0 fully saturated rings. The van der Waals surface area contributed by atoms with Gasteiger partial charge < -0.3 is 18.8 Å². The predicted molar refractivity (Wildman–Crippen MR) is 104 cm³/mol. The molecule has 140 valence electrons. The Labute approximate surface area is 157 Å². The molecule has 4 rings (SSSR count). The topological polar surface area (TPSA) is 56.5 Å². The SMILES string of the molecule is COc1ccc2c(c1)c(C(=O)N1CCc3cc(=O)n(C)cc3C1)c(C)n2C. The molecule has 6 nitrogen and oxygen atoms in total. The Morgan fingerprint density at radius 2 is 1.93 bits per heavy atom.